The van der Waals surface area contributed by atoms with E-state index in [0.29, 0.717) is 0 Å². The van der Waals surface area contributed by atoms with Crippen molar-refractivity contribution in [2.24, 2.45) is 0 Å². The topological polar surface area (TPSA) is 89.8 Å². The van der Waals surface area contributed by atoms with Gasteiger partial charge in [0.15, 0.2) is 0 Å². The fraction of sp³-hybridized carbons (Fsp3) is 0.286. The number of aromatic amines is 2. The minimum Gasteiger partial charge on any atom is -0.346 e. The van der Waals surface area contributed by atoms with Gasteiger partial charge in [-0.3, -0.25) is 9.59 Å². The van der Waals surface area contributed by atoms with Gasteiger partial charge in [-0.2, -0.15) is 0 Å². The van der Waals surface area contributed by atoms with Crippen LogP contribution in [0.1, 0.15) is 34.8 Å². The molecule has 0 aliphatic heterocycles. The molecule has 2 rings (SSSR count). The van der Waals surface area contributed by atoms with Gasteiger partial charge < -0.3 is 20.6 Å². The highest BCUT2D eigenvalue weighted by Crippen LogP contribution is 2.22. The molecule has 24 heavy (non-hydrogen) atoms. The fourth-order valence-electron chi connectivity index (χ4n) is 1.87. The monoisotopic (exact) mass is 410 g/mol. The van der Waals surface area contributed by atoms with Crippen LogP contribution in [0.2, 0.25) is 20.4 Å². The van der Waals surface area contributed by atoms with E-state index in [9.17, 15) is 9.59 Å². The van der Waals surface area contributed by atoms with E-state index >= 15 is 0 Å². The van der Waals surface area contributed by atoms with Gasteiger partial charge in [-0.05, 0) is 26.0 Å². The molecule has 0 saturated heterocycles. The summed E-state index contributed by atoms with van der Waals surface area (Å²) >= 11 is 23.1. The summed E-state index contributed by atoms with van der Waals surface area (Å²) in [6, 6.07) is 2.14. The minimum absolute atomic E-state index is 0.191. The molecule has 0 fully saturated rings. The van der Waals surface area contributed by atoms with Crippen LogP contribution < -0.4 is 10.6 Å². The molecule has 0 bridgehead atoms. The van der Waals surface area contributed by atoms with E-state index in [1.807, 2.05) is 0 Å². The third-order valence-corrected chi connectivity index (χ3v) is 4.79. The van der Waals surface area contributed by atoms with Gasteiger partial charge in [-0.25, -0.2) is 0 Å². The smallest absolute Gasteiger partial charge is 0.268 e. The first-order valence-electron chi connectivity index (χ1n) is 6.88. The molecule has 0 saturated carbocycles. The second kappa shape index (κ2) is 7.70. The third-order valence-electron chi connectivity index (χ3n) is 3.41. The predicted molar refractivity (Wildman–Crippen MR) is 95.5 cm³/mol. The van der Waals surface area contributed by atoms with Crippen molar-refractivity contribution in [2.75, 3.05) is 0 Å². The Morgan fingerprint density at radius 1 is 0.833 bits per heavy atom. The molecule has 2 unspecified atom stereocenters. The van der Waals surface area contributed by atoms with E-state index in [-0.39, 0.29) is 55.6 Å². The Labute approximate surface area is 158 Å². The zero-order valence-electron chi connectivity index (χ0n) is 12.6. The molecule has 0 radical (unpaired) electrons. The Hall–Kier alpha value is -1.34. The molecule has 2 aromatic rings. The summed E-state index contributed by atoms with van der Waals surface area (Å²) < 4.78 is 0. The maximum atomic E-state index is 12.1. The van der Waals surface area contributed by atoms with Gasteiger partial charge >= 0.3 is 0 Å². The van der Waals surface area contributed by atoms with Crippen LogP contribution >= 0.6 is 46.4 Å². The number of aromatic nitrogens is 2. The van der Waals surface area contributed by atoms with Crippen LogP contribution in [0, 0.1) is 0 Å². The SMILES string of the molecule is CC(NC(=O)c1cc(Cl)c(Cl)[nH]1)C(C)NC(=O)c1cc(Cl)c(Cl)[nH]1. The van der Waals surface area contributed by atoms with Crippen LogP contribution in [0.3, 0.4) is 0 Å². The molecule has 2 aromatic heterocycles. The van der Waals surface area contributed by atoms with Gasteiger partial charge in [0.2, 0.25) is 0 Å². The van der Waals surface area contributed by atoms with Gasteiger partial charge in [0, 0.05) is 12.1 Å². The van der Waals surface area contributed by atoms with Crippen LogP contribution in [-0.2, 0) is 0 Å². The molecule has 2 atom stereocenters. The molecule has 4 N–H and O–H groups in total. The van der Waals surface area contributed by atoms with Crippen molar-refractivity contribution in [1.29, 1.82) is 0 Å². The lowest BCUT2D eigenvalue weighted by atomic mass is 10.1. The van der Waals surface area contributed by atoms with Crippen molar-refractivity contribution in [2.45, 2.75) is 25.9 Å². The number of H-pyrrole nitrogens is 2. The van der Waals surface area contributed by atoms with Gasteiger partial charge in [-0.15, -0.1) is 0 Å². The first kappa shape index (κ1) is 19.0. The van der Waals surface area contributed by atoms with E-state index in [4.69, 9.17) is 46.4 Å². The third kappa shape index (κ3) is 4.39. The van der Waals surface area contributed by atoms with Crippen molar-refractivity contribution in [1.82, 2.24) is 20.6 Å². The highest BCUT2D eigenvalue weighted by Gasteiger charge is 2.21. The normalized spacial score (nSPS) is 13.4. The molecule has 6 nitrogen and oxygen atoms in total. The molecule has 130 valence electrons. The summed E-state index contributed by atoms with van der Waals surface area (Å²) in [7, 11) is 0. The summed E-state index contributed by atoms with van der Waals surface area (Å²) in [5.74, 6) is -0.772. The quantitative estimate of drug-likeness (QED) is 0.601. The van der Waals surface area contributed by atoms with Crippen LogP contribution in [0.25, 0.3) is 0 Å². The van der Waals surface area contributed by atoms with E-state index in [2.05, 4.69) is 20.6 Å². The summed E-state index contributed by atoms with van der Waals surface area (Å²) in [6.07, 6.45) is 0. The molecular formula is C14H14Cl4N4O2. The van der Waals surface area contributed by atoms with Gasteiger partial charge in [0.05, 0.1) is 10.0 Å². The number of nitrogens with one attached hydrogen (secondary N) is 4. The molecule has 0 spiro atoms. The summed E-state index contributed by atoms with van der Waals surface area (Å²) in [4.78, 5) is 29.6. The first-order valence-corrected chi connectivity index (χ1v) is 8.40. The fourth-order valence-corrected chi connectivity index (χ4v) is 2.50. The van der Waals surface area contributed by atoms with Crippen molar-refractivity contribution in [3.8, 4) is 0 Å². The Bertz CT molecular complexity index is 668. The molecule has 2 heterocycles. The number of halogens is 4. The lowest BCUT2D eigenvalue weighted by Gasteiger charge is -2.22. The highest BCUT2D eigenvalue weighted by molar-refractivity contribution is 6.42. The summed E-state index contributed by atoms with van der Waals surface area (Å²) in [6.45, 7) is 3.51. The lowest BCUT2D eigenvalue weighted by molar-refractivity contribution is 0.0887. The van der Waals surface area contributed by atoms with Crippen molar-refractivity contribution in [3.05, 3.63) is 43.9 Å². The highest BCUT2D eigenvalue weighted by atomic mass is 35.5. The van der Waals surface area contributed by atoms with E-state index in [1.165, 1.54) is 12.1 Å². The maximum Gasteiger partial charge on any atom is 0.268 e. The van der Waals surface area contributed by atoms with Crippen molar-refractivity contribution >= 4 is 58.2 Å². The van der Waals surface area contributed by atoms with Gasteiger partial charge in [-0.1, -0.05) is 46.4 Å². The second-order valence-corrected chi connectivity index (χ2v) is 6.78. The van der Waals surface area contributed by atoms with E-state index in [0.717, 1.165) is 0 Å². The van der Waals surface area contributed by atoms with Crippen LogP contribution in [0.5, 0.6) is 0 Å². The molecule has 0 aliphatic carbocycles. The Kier molecular flexibility index (Phi) is 6.09. The van der Waals surface area contributed by atoms with Crippen molar-refractivity contribution in [3.63, 3.8) is 0 Å². The van der Waals surface area contributed by atoms with Crippen LogP contribution in [-0.4, -0.2) is 33.9 Å². The summed E-state index contributed by atoms with van der Waals surface area (Å²) in [5, 5.41) is 6.39. The number of carbonyl (C=O) groups excluding carboxylic acids is 2. The largest absolute Gasteiger partial charge is 0.346 e. The number of hydrogen-bond acceptors (Lipinski definition) is 2. The van der Waals surface area contributed by atoms with E-state index < -0.39 is 0 Å². The Morgan fingerprint density at radius 2 is 1.17 bits per heavy atom. The van der Waals surface area contributed by atoms with Gasteiger partial charge in [0.25, 0.3) is 11.8 Å². The molecule has 0 aromatic carbocycles. The predicted octanol–water partition coefficient (Wildman–Crippen LogP) is 3.89. The number of amides is 2. The van der Waals surface area contributed by atoms with Gasteiger partial charge in [0.1, 0.15) is 21.7 Å². The van der Waals surface area contributed by atoms with Crippen molar-refractivity contribution < 1.29 is 9.59 Å². The summed E-state index contributed by atoms with van der Waals surface area (Å²) in [5.41, 5.74) is 0.469. The standard InChI is InChI=1S/C14H14Cl4N4O2/c1-5(19-13(23)9-3-7(15)11(17)21-9)6(2)20-14(24)10-4-8(16)12(18)22-10/h3-6,21-22H,1-2H3,(H,19,23)(H,20,24). The number of rotatable bonds is 5. The Morgan fingerprint density at radius 3 is 1.42 bits per heavy atom. The Balaban J connectivity index is 1.95. The second-order valence-electron chi connectivity index (χ2n) is 5.21. The molecule has 2 amide bonds. The minimum atomic E-state index is -0.386. The number of hydrogen-bond donors (Lipinski definition) is 4. The zero-order chi connectivity index (χ0) is 18.0. The van der Waals surface area contributed by atoms with E-state index in [1.54, 1.807) is 13.8 Å². The number of carbonyl (C=O) groups is 2. The van der Waals surface area contributed by atoms with Crippen LogP contribution in [0.4, 0.5) is 0 Å². The van der Waals surface area contributed by atoms with Crippen LogP contribution in [0.15, 0.2) is 12.1 Å². The maximum absolute atomic E-state index is 12.1. The zero-order valence-corrected chi connectivity index (χ0v) is 15.7. The molecule has 0 aliphatic rings. The molecule has 10 heteroatoms. The average molecular weight is 412 g/mol. The lowest BCUT2D eigenvalue weighted by Crippen LogP contribution is -2.48. The average Bonchev–Trinajstić information content (AvgIpc) is 3.02. The first-order chi connectivity index (χ1) is 11.2. The molecular weight excluding hydrogens is 398 g/mol.